The van der Waals surface area contributed by atoms with Crippen LogP contribution in [-0.4, -0.2) is 54.9 Å². The molecule has 0 aliphatic heterocycles. The first-order valence-corrected chi connectivity index (χ1v) is 9.32. The lowest BCUT2D eigenvalue weighted by atomic mass is 10.1. The third kappa shape index (κ3) is 3.82. The average Bonchev–Trinajstić information content (AvgIpc) is 3.36. The number of amides is 1. The zero-order valence-electron chi connectivity index (χ0n) is 17.4. The molecule has 4 rings (SSSR count). The fraction of sp³-hybridized carbons (Fsp3) is 0.263. The molecule has 0 aliphatic carbocycles. The third-order valence-electron chi connectivity index (χ3n) is 4.80. The Morgan fingerprint density at radius 1 is 1.19 bits per heavy atom. The molecule has 1 aromatic carbocycles. The molecule has 0 saturated carbocycles. The molecule has 0 saturated heterocycles. The van der Waals surface area contributed by atoms with Crippen LogP contribution in [0.15, 0.2) is 18.2 Å². The normalized spacial score (nSPS) is 11.0. The average molecular weight is 423 g/mol. The maximum atomic E-state index is 12.6. The van der Waals surface area contributed by atoms with Crippen LogP contribution in [0, 0.1) is 13.8 Å². The zero-order chi connectivity index (χ0) is 22.1. The fourth-order valence-corrected chi connectivity index (χ4v) is 3.24. The lowest BCUT2D eigenvalue weighted by molar-refractivity contribution is -0.115. The van der Waals surface area contributed by atoms with Crippen LogP contribution >= 0.6 is 0 Å². The quantitative estimate of drug-likeness (QED) is 0.415. The van der Waals surface area contributed by atoms with Crippen molar-refractivity contribution < 1.29 is 14.3 Å². The van der Waals surface area contributed by atoms with E-state index < -0.39 is 0 Å². The van der Waals surface area contributed by atoms with Gasteiger partial charge in [-0.3, -0.25) is 15.2 Å². The molecule has 12 nitrogen and oxygen atoms in total. The van der Waals surface area contributed by atoms with Gasteiger partial charge in [-0.2, -0.15) is 14.5 Å². The van der Waals surface area contributed by atoms with Gasteiger partial charge in [0.05, 0.1) is 26.2 Å². The Hall–Kier alpha value is -4.22. The summed E-state index contributed by atoms with van der Waals surface area (Å²) in [7, 11) is 3.13. The highest BCUT2D eigenvalue weighted by Gasteiger charge is 2.18. The van der Waals surface area contributed by atoms with Crippen molar-refractivity contribution in [2.24, 2.45) is 0 Å². The molecule has 31 heavy (non-hydrogen) atoms. The summed E-state index contributed by atoms with van der Waals surface area (Å²) in [5.74, 6) is 2.02. The molecule has 0 fully saturated rings. The molecule has 12 heteroatoms. The second-order valence-corrected chi connectivity index (χ2v) is 6.74. The summed E-state index contributed by atoms with van der Waals surface area (Å²) in [6, 6.07) is 5.31. The number of hydrogen-bond acceptors (Lipinski definition) is 9. The molecule has 4 aromatic rings. The predicted molar refractivity (Wildman–Crippen MR) is 112 cm³/mol. The van der Waals surface area contributed by atoms with Crippen molar-refractivity contribution in [3.63, 3.8) is 0 Å². The minimum atomic E-state index is -0.298. The number of nitrogens with zero attached hydrogens (tertiary/aromatic N) is 6. The SMILES string of the molecule is COc1ccc(-c2nc(NC(=O)Cc3c(C)nc4nc(N)nn4c3C)n[nH]2)c(OC)c1. The molecule has 1 amide bonds. The lowest BCUT2D eigenvalue weighted by Gasteiger charge is -2.09. The summed E-state index contributed by atoms with van der Waals surface area (Å²) in [5.41, 5.74) is 8.47. The molecule has 3 aromatic heterocycles. The highest BCUT2D eigenvalue weighted by molar-refractivity contribution is 5.91. The molecule has 160 valence electrons. The summed E-state index contributed by atoms with van der Waals surface area (Å²) in [5, 5.41) is 13.7. The molecule has 0 atom stereocenters. The number of rotatable bonds is 6. The second-order valence-electron chi connectivity index (χ2n) is 6.74. The van der Waals surface area contributed by atoms with Crippen molar-refractivity contribution in [1.82, 2.24) is 34.8 Å². The second kappa shape index (κ2) is 7.89. The summed E-state index contributed by atoms with van der Waals surface area (Å²) in [6.45, 7) is 3.64. The number of carbonyl (C=O) groups excluding carboxylic acids is 1. The lowest BCUT2D eigenvalue weighted by Crippen LogP contribution is -2.18. The number of benzene rings is 1. The van der Waals surface area contributed by atoms with E-state index in [0.717, 1.165) is 11.3 Å². The topological polar surface area (TPSA) is 158 Å². The largest absolute Gasteiger partial charge is 0.497 e. The van der Waals surface area contributed by atoms with Crippen molar-refractivity contribution >= 4 is 23.6 Å². The number of fused-ring (bicyclic) bond motifs is 1. The molecule has 0 aliphatic rings. The van der Waals surface area contributed by atoms with Gasteiger partial charge in [0.1, 0.15) is 11.5 Å². The van der Waals surface area contributed by atoms with Crippen LogP contribution in [0.1, 0.15) is 17.0 Å². The number of nitrogen functional groups attached to an aromatic ring is 1. The number of ether oxygens (including phenoxy) is 2. The summed E-state index contributed by atoms with van der Waals surface area (Å²) in [6.07, 6.45) is 0.0656. The number of nitrogens with two attached hydrogens (primary N) is 1. The van der Waals surface area contributed by atoms with Crippen LogP contribution in [0.25, 0.3) is 17.2 Å². The number of aromatic amines is 1. The van der Waals surface area contributed by atoms with Gasteiger partial charge in [-0.1, -0.05) is 0 Å². The van der Waals surface area contributed by atoms with Crippen LogP contribution in [0.5, 0.6) is 11.5 Å². The van der Waals surface area contributed by atoms with E-state index >= 15 is 0 Å². The van der Waals surface area contributed by atoms with E-state index in [2.05, 4.69) is 35.6 Å². The van der Waals surface area contributed by atoms with Crippen molar-refractivity contribution in [1.29, 1.82) is 0 Å². The number of H-pyrrole nitrogens is 1. The van der Waals surface area contributed by atoms with Gasteiger partial charge in [0.15, 0.2) is 5.82 Å². The van der Waals surface area contributed by atoms with E-state index in [1.807, 2.05) is 6.92 Å². The summed E-state index contributed by atoms with van der Waals surface area (Å²) in [4.78, 5) is 25.4. The summed E-state index contributed by atoms with van der Waals surface area (Å²) >= 11 is 0. The maximum Gasteiger partial charge on any atom is 0.254 e. The number of methoxy groups -OCH3 is 2. The van der Waals surface area contributed by atoms with Gasteiger partial charge in [-0.25, -0.2) is 4.98 Å². The van der Waals surface area contributed by atoms with Crippen LogP contribution in [0.4, 0.5) is 11.9 Å². The Labute approximate surface area is 176 Å². The zero-order valence-corrected chi connectivity index (χ0v) is 17.4. The van der Waals surface area contributed by atoms with Gasteiger partial charge in [0.25, 0.3) is 5.78 Å². The van der Waals surface area contributed by atoms with Crippen molar-refractivity contribution in [3.05, 3.63) is 35.2 Å². The molecular weight excluding hydrogens is 402 g/mol. The first kappa shape index (κ1) is 20.1. The monoisotopic (exact) mass is 423 g/mol. The summed E-state index contributed by atoms with van der Waals surface area (Å²) < 4.78 is 12.1. The number of aromatic nitrogens is 7. The first-order chi connectivity index (χ1) is 14.9. The van der Waals surface area contributed by atoms with Crippen molar-refractivity contribution in [3.8, 4) is 22.9 Å². The van der Waals surface area contributed by atoms with Gasteiger partial charge in [-0.15, -0.1) is 10.2 Å². The maximum absolute atomic E-state index is 12.6. The number of aryl methyl sites for hydroxylation is 2. The number of nitrogens with one attached hydrogen (secondary N) is 2. The van der Waals surface area contributed by atoms with Gasteiger partial charge in [0, 0.05) is 23.0 Å². The Bertz CT molecular complexity index is 1280. The van der Waals surface area contributed by atoms with Gasteiger partial charge < -0.3 is 15.2 Å². The first-order valence-electron chi connectivity index (χ1n) is 9.32. The Morgan fingerprint density at radius 3 is 2.74 bits per heavy atom. The van der Waals surface area contributed by atoms with E-state index in [9.17, 15) is 4.79 Å². The van der Waals surface area contributed by atoms with Crippen LogP contribution in [-0.2, 0) is 11.2 Å². The van der Waals surface area contributed by atoms with E-state index in [-0.39, 0.29) is 24.2 Å². The van der Waals surface area contributed by atoms with E-state index in [1.165, 1.54) is 4.52 Å². The molecule has 0 spiro atoms. The van der Waals surface area contributed by atoms with Crippen LogP contribution < -0.4 is 20.5 Å². The minimum Gasteiger partial charge on any atom is -0.497 e. The molecule has 3 heterocycles. The highest BCUT2D eigenvalue weighted by atomic mass is 16.5. The Kier molecular flexibility index (Phi) is 5.11. The minimum absolute atomic E-state index is 0.0656. The van der Waals surface area contributed by atoms with Crippen LogP contribution in [0.3, 0.4) is 0 Å². The van der Waals surface area contributed by atoms with Crippen molar-refractivity contribution in [2.75, 3.05) is 25.3 Å². The van der Waals surface area contributed by atoms with E-state index in [4.69, 9.17) is 15.2 Å². The van der Waals surface area contributed by atoms with E-state index in [0.29, 0.717) is 34.4 Å². The molecule has 0 unspecified atom stereocenters. The number of anilines is 2. The van der Waals surface area contributed by atoms with Gasteiger partial charge >= 0.3 is 0 Å². The smallest absolute Gasteiger partial charge is 0.254 e. The fourth-order valence-electron chi connectivity index (χ4n) is 3.24. The van der Waals surface area contributed by atoms with Crippen LogP contribution in [0.2, 0.25) is 0 Å². The predicted octanol–water partition coefficient (Wildman–Crippen LogP) is 1.31. The third-order valence-corrected chi connectivity index (χ3v) is 4.80. The van der Waals surface area contributed by atoms with Crippen molar-refractivity contribution in [2.45, 2.75) is 20.3 Å². The number of carbonyl (C=O) groups is 1. The molecule has 0 bridgehead atoms. The Morgan fingerprint density at radius 2 is 2.00 bits per heavy atom. The van der Waals surface area contributed by atoms with Gasteiger partial charge in [-0.05, 0) is 26.0 Å². The number of hydrogen-bond donors (Lipinski definition) is 3. The van der Waals surface area contributed by atoms with Gasteiger partial charge in [0.2, 0.25) is 17.8 Å². The molecular formula is C19H21N9O3. The molecule has 4 N–H and O–H groups in total. The Balaban J connectivity index is 1.53. The highest BCUT2D eigenvalue weighted by Crippen LogP contribution is 2.31. The molecule has 0 radical (unpaired) electrons. The standard InChI is InChI=1S/C19H21N9O3/c1-9-13(10(2)28-19(21-9)24-17(20)27-28)8-15(29)22-18-23-16(25-26-18)12-6-5-11(30-3)7-14(12)31-4/h5-7H,8H2,1-4H3,(H2,20,27)(H2,22,23,25,26,29). The van der Waals surface area contributed by atoms with E-state index in [1.54, 1.807) is 39.3 Å².